The monoisotopic (exact) mass is 320 g/mol. The highest BCUT2D eigenvalue weighted by molar-refractivity contribution is 7.99. The number of fused-ring (bicyclic) bond motifs is 1. The Morgan fingerprint density at radius 2 is 2.18 bits per heavy atom. The molecule has 0 saturated carbocycles. The summed E-state index contributed by atoms with van der Waals surface area (Å²) in [5.41, 5.74) is 2.10. The molecule has 0 aliphatic rings. The van der Waals surface area contributed by atoms with E-state index in [-0.39, 0.29) is 11.8 Å². The molecule has 1 aromatic heterocycles. The molecule has 0 aliphatic heterocycles. The minimum absolute atomic E-state index is 0.0510. The Labute approximate surface area is 136 Å². The molecule has 5 heteroatoms. The van der Waals surface area contributed by atoms with Crippen LogP contribution >= 0.6 is 11.8 Å². The van der Waals surface area contributed by atoms with Gasteiger partial charge in [0.1, 0.15) is 5.52 Å². The zero-order valence-corrected chi connectivity index (χ0v) is 14.3. The van der Waals surface area contributed by atoms with E-state index in [9.17, 15) is 4.79 Å². The summed E-state index contributed by atoms with van der Waals surface area (Å²) in [4.78, 5) is 16.6. The van der Waals surface area contributed by atoms with Crippen LogP contribution in [0.25, 0.3) is 11.1 Å². The van der Waals surface area contributed by atoms with Crippen LogP contribution in [0.3, 0.4) is 0 Å². The Morgan fingerprint density at radius 3 is 2.91 bits per heavy atom. The third-order valence-corrected chi connectivity index (χ3v) is 4.53. The van der Waals surface area contributed by atoms with Gasteiger partial charge in [-0.15, -0.1) is 0 Å². The van der Waals surface area contributed by atoms with Gasteiger partial charge < -0.3 is 9.73 Å². The SMILES string of the molecule is CCCSCCCNC(=O)c1ccc2nc(C(C)C)oc2c1. The summed E-state index contributed by atoms with van der Waals surface area (Å²) in [7, 11) is 0. The van der Waals surface area contributed by atoms with Crippen LogP contribution in [-0.4, -0.2) is 28.9 Å². The molecular formula is C17H24N2O2S. The van der Waals surface area contributed by atoms with Crippen LogP contribution in [-0.2, 0) is 0 Å². The first-order valence-electron chi connectivity index (χ1n) is 7.88. The summed E-state index contributed by atoms with van der Waals surface area (Å²) in [6.45, 7) is 6.96. The lowest BCUT2D eigenvalue weighted by Crippen LogP contribution is -2.24. The summed E-state index contributed by atoms with van der Waals surface area (Å²) in [6, 6.07) is 5.42. The molecule has 1 aromatic carbocycles. The Kier molecular flexibility index (Phi) is 6.31. The number of carbonyl (C=O) groups is 1. The van der Waals surface area contributed by atoms with E-state index in [1.165, 1.54) is 12.2 Å². The van der Waals surface area contributed by atoms with E-state index in [2.05, 4.69) is 17.2 Å². The van der Waals surface area contributed by atoms with Crippen molar-refractivity contribution in [2.24, 2.45) is 0 Å². The van der Waals surface area contributed by atoms with Crippen molar-refractivity contribution in [3.8, 4) is 0 Å². The first kappa shape index (κ1) is 16.9. The van der Waals surface area contributed by atoms with Gasteiger partial charge in [-0.05, 0) is 42.5 Å². The van der Waals surface area contributed by atoms with Crippen LogP contribution < -0.4 is 5.32 Å². The van der Waals surface area contributed by atoms with E-state index in [4.69, 9.17) is 4.42 Å². The van der Waals surface area contributed by atoms with Crippen LogP contribution in [0.1, 0.15) is 55.8 Å². The molecule has 0 aliphatic carbocycles. The number of rotatable bonds is 8. The van der Waals surface area contributed by atoms with Crippen molar-refractivity contribution < 1.29 is 9.21 Å². The molecule has 120 valence electrons. The number of hydrogen-bond acceptors (Lipinski definition) is 4. The summed E-state index contributed by atoms with van der Waals surface area (Å²) < 4.78 is 5.70. The maximum absolute atomic E-state index is 12.1. The zero-order valence-electron chi connectivity index (χ0n) is 13.5. The fourth-order valence-electron chi connectivity index (χ4n) is 2.06. The standard InChI is InChI=1S/C17H24N2O2S/c1-4-9-22-10-5-8-18-16(20)13-6-7-14-15(11-13)21-17(19-14)12(2)3/h6-7,11-12H,4-5,8-10H2,1-3H3,(H,18,20). The maximum Gasteiger partial charge on any atom is 0.251 e. The van der Waals surface area contributed by atoms with E-state index >= 15 is 0 Å². The summed E-state index contributed by atoms with van der Waals surface area (Å²) in [6.07, 6.45) is 2.20. The molecule has 1 N–H and O–H groups in total. The molecule has 0 spiro atoms. The van der Waals surface area contributed by atoms with Gasteiger partial charge in [-0.2, -0.15) is 11.8 Å². The van der Waals surface area contributed by atoms with Crippen LogP contribution in [0.4, 0.5) is 0 Å². The molecule has 0 saturated heterocycles. The Morgan fingerprint density at radius 1 is 1.36 bits per heavy atom. The van der Waals surface area contributed by atoms with E-state index in [1.807, 2.05) is 31.7 Å². The van der Waals surface area contributed by atoms with Crippen molar-refractivity contribution >= 4 is 28.8 Å². The average Bonchev–Trinajstić information content (AvgIpc) is 2.93. The van der Waals surface area contributed by atoms with Gasteiger partial charge in [0.05, 0.1) is 0 Å². The number of hydrogen-bond donors (Lipinski definition) is 1. The highest BCUT2D eigenvalue weighted by Crippen LogP contribution is 2.22. The smallest absolute Gasteiger partial charge is 0.251 e. The van der Waals surface area contributed by atoms with Gasteiger partial charge in [0.15, 0.2) is 11.5 Å². The lowest BCUT2D eigenvalue weighted by Gasteiger charge is -2.05. The number of nitrogens with zero attached hydrogens (tertiary/aromatic N) is 1. The van der Waals surface area contributed by atoms with Crippen molar-refractivity contribution in [1.29, 1.82) is 0 Å². The van der Waals surface area contributed by atoms with Gasteiger partial charge in [0.25, 0.3) is 5.91 Å². The maximum atomic E-state index is 12.1. The number of benzene rings is 1. The highest BCUT2D eigenvalue weighted by Gasteiger charge is 2.12. The van der Waals surface area contributed by atoms with Gasteiger partial charge in [0.2, 0.25) is 0 Å². The Balaban J connectivity index is 1.91. The molecule has 4 nitrogen and oxygen atoms in total. The van der Waals surface area contributed by atoms with Crippen LogP contribution in [0, 0.1) is 0 Å². The number of aromatic nitrogens is 1. The van der Waals surface area contributed by atoms with Crippen LogP contribution in [0.5, 0.6) is 0 Å². The summed E-state index contributed by atoms with van der Waals surface area (Å²) in [5.74, 6) is 3.18. The Bertz CT molecular complexity index is 622. The lowest BCUT2D eigenvalue weighted by atomic mass is 10.2. The molecule has 0 atom stereocenters. The molecule has 1 amide bonds. The molecule has 0 unspecified atom stereocenters. The largest absolute Gasteiger partial charge is 0.440 e. The van der Waals surface area contributed by atoms with Gasteiger partial charge >= 0.3 is 0 Å². The molecule has 0 radical (unpaired) electrons. The quantitative estimate of drug-likeness (QED) is 0.740. The molecule has 22 heavy (non-hydrogen) atoms. The number of amides is 1. The van der Waals surface area contributed by atoms with Gasteiger partial charge in [0, 0.05) is 18.0 Å². The predicted molar refractivity (Wildman–Crippen MR) is 92.7 cm³/mol. The molecular weight excluding hydrogens is 296 g/mol. The van der Waals surface area contributed by atoms with Gasteiger partial charge in [-0.3, -0.25) is 4.79 Å². The second-order valence-electron chi connectivity index (χ2n) is 5.61. The first-order chi connectivity index (χ1) is 10.6. The summed E-state index contributed by atoms with van der Waals surface area (Å²) in [5, 5.41) is 2.96. The molecule has 0 fully saturated rings. The number of thioether (sulfide) groups is 1. The van der Waals surface area contributed by atoms with Gasteiger partial charge in [-0.1, -0.05) is 20.8 Å². The normalized spacial score (nSPS) is 11.3. The number of carbonyl (C=O) groups excluding carboxylic acids is 1. The lowest BCUT2D eigenvalue weighted by molar-refractivity contribution is 0.0954. The molecule has 2 aromatic rings. The van der Waals surface area contributed by atoms with Gasteiger partial charge in [-0.25, -0.2) is 4.98 Å². The van der Waals surface area contributed by atoms with Crippen molar-refractivity contribution in [2.75, 3.05) is 18.1 Å². The predicted octanol–water partition coefficient (Wildman–Crippen LogP) is 4.21. The molecule has 2 rings (SSSR count). The minimum atomic E-state index is -0.0510. The van der Waals surface area contributed by atoms with E-state index in [0.717, 1.165) is 17.7 Å². The van der Waals surface area contributed by atoms with E-state index in [0.29, 0.717) is 23.6 Å². The summed E-state index contributed by atoms with van der Waals surface area (Å²) >= 11 is 1.93. The average molecular weight is 320 g/mol. The highest BCUT2D eigenvalue weighted by atomic mass is 32.2. The van der Waals surface area contributed by atoms with Crippen LogP contribution in [0.2, 0.25) is 0 Å². The van der Waals surface area contributed by atoms with E-state index in [1.54, 1.807) is 12.1 Å². The third kappa shape index (κ3) is 4.50. The zero-order chi connectivity index (χ0) is 15.9. The third-order valence-electron chi connectivity index (χ3n) is 3.26. The van der Waals surface area contributed by atoms with Crippen molar-refractivity contribution in [2.45, 2.75) is 39.5 Å². The number of oxazole rings is 1. The Hall–Kier alpha value is -1.49. The molecule has 0 bridgehead atoms. The van der Waals surface area contributed by atoms with Crippen molar-refractivity contribution in [3.05, 3.63) is 29.7 Å². The number of nitrogens with one attached hydrogen (secondary N) is 1. The van der Waals surface area contributed by atoms with Crippen molar-refractivity contribution in [3.63, 3.8) is 0 Å². The van der Waals surface area contributed by atoms with Crippen molar-refractivity contribution in [1.82, 2.24) is 10.3 Å². The fourth-order valence-corrected chi connectivity index (χ4v) is 2.90. The second-order valence-corrected chi connectivity index (χ2v) is 6.84. The molecule has 1 heterocycles. The van der Waals surface area contributed by atoms with Crippen LogP contribution in [0.15, 0.2) is 22.6 Å². The minimum Gasteiger partial charge on any atom is -0.440 e. The van der Waals surface area contributed by atoms with E-state index < -0.39 is 0 Å². The second kappa shape index (κ2) is 8.22. The topological polar surface area (TPSA) is 55.1 Å². The fraction of sp³-hybridized carbons (Fsp3) is 0.529. The first-order valence-corrected chi connectivity index (χ1v) is 9.03.